The van der Waals surface area contributed by atoms with E-state index in [0.717, 1.165) is 47.2 Å². The maximum Gasteiger partial charge on any atom is 0.434 e. The summed E-state index contributed by atoms with van der Waals surface area (Å²) in [6.45, 7) is 0.225. The van der Waals surface area contributed by atoms with Gasteiger partial charge in [-0.2, -0.15) is 13.2 Å². The van der Waals surface area contributed by atoms with Crippen molar-refractivity contribution in [3.8, 4) is 10.4 Å². The van der Waals surface area contributed by atoms with Crippen LogP contribution in [0.15, 0.2) is 66.9 Å². The lowest BCUT2D eigenvalue weighted by Crippen LogP contribution is -2.33. The lowest BCUT2D eigenvalue weighted by Gasteiger charge is -2.23. The highest BCUT2D eigenvalue weighted by molar-refractivity contribution is 7.17. The number of aromatic nitrogens is 1. The average molecular weight is 595 g/mol. The highest BCUT2D eigenvalue weighted by atomic mass is 32.1. The van der Waals surface area contributed by atoms with Crippen molar-refractivity contribution in [2.24, 2.45) is 0 Å². The number of carbonyl (C=O) groups excluding carboxylic acids is 3. The molecule has 0 saturated heterocycles. The van der Waals surface area contributed by atoms with Crippen molar-refractivity contribution in [1.29, 1.82) is 0 Å². The topological polar surface area (TPSA) is 91.4 Å². The Balaban J connectivity index is 1.24. The van der Waals surface area contributed by atoms with E-state index in [0.29, 0.717) is 17.0 Å². The minimum absolute atomic E-state index is 0.117. The van der Waals surface area contributed by atoms with E-state index in [1.54, 1.807) is 12.1 Å². The van der Waals surface area contributed by atoms with E-state index >= 15 is 4.39 Å². The molecule has 2 N–H and O–H groups in total. The summed E-state index contributed by atoms with van der Waals surface area (Å²) in [7, 11) is 0. The fourth-order valence-corrected chi connectivity index (χ4v) is 5.98. The van der Waals surface area contributed by atoms with Crippen molar-refractivity contribution in [2.45, 2.75) is 31.5 Å². The molecule has 2 aliphatic rings. The quantitative estimate of drug-likeness (QED) is 0.265. The number of hydrogen-bond donors (Lipinski definition) is 2. The molecule has 1 aliphatic carbocycles. The van der Waals surface area contributed by atoms with Crippen molar-refractivity contribution < 1.29 is 31.9 Å². The zero-order valence-electron chi connectivity index (χ0n) is 21.8. The van der Waals surface area contributed by atoms with E-state index in [1.807, 2.05) is 18.2 Å². The van der Waals surface area contributed by atoms with E-state index in [4.69, 9.17) is 0 Å². The summed E-state index contributed by atoms with van der Waals surface area (Å²) in [5.41, 5.74) is -0.251. The summed E-state index contributed by atoms with van der Waals surface area (Å²) >= 11 is 1.35. The molecule has 1 fully saturated rings. The second-order valence-corrected chi connectivity index (χ2v) is 11.0. The molecule has 2 aromatic heterocycles. The molecule has 7 nitrogen and oxygen atoms in total. The van der Waals surface area contributed by atoms with Gasteiger partial charge < -0.3 is 15.5 Å². The van der Waals surface area contributed by atoms with E-state index < -0.39 is 35.1 Å². The third kappa shape index (κ3) is 5.37. The number of nitrogens with one attached hydrogen (secondary N) is 2. The Bertz CT molecular complexity index is 1730. The summed E-state index contributed by atoms with van der Waals surface area (Å²) in [5, 5.41) is 5.24. The Morgan fingerprint density at radius 1 is 0.952 bits per heavy atom. The monoisotopic (exact) mass is 594 g/mol. The molecule has 0 unspecified atom stereocenters. The molecular weight excluding hydrogens is 572 g/mol. The molecule has 214 valence electrons. The second kappa shape index (κ2) is 10.7. The number of alkyl halides is 3. The minimum atomic E-state index is -4.85. The summed E-state index contributed by atoms with van der Waals surface area (Å²) < 4.78 is 55.1. The van der Waals surface area contributed by atoms with Gasteiger partial charge in [0.25, 0.3) is 17.7 Å². The molecule has 1 aliphatic heterocycles. The Morgan fingerprint density at radius 2 is 1.74 bits per heavy atom. The lowest BCUT2D eigenvalue weighted by molar-refractivity contribution is -0.141. The fourth-order valence-electron chi connectivity index (χ4n) is 4.83. The van der Waals surface area contributed by atoms with Crippen LogP contribution < -0.4 is 15.5 Å². The summed E-state index contributed by atoms with van der Waals surface area (Å²) in [5.74, 6) is -2.80. The van der Waals surface area contributed by atoms with E-state index in [-0.39, 0.29) is 29.7 Å². The molecule has 42 heavy (non-hydrogen) atoms. The number of anilines is 2. The molecule has 1 saturated carbocycles. The molecule has 3 amide bonds. The number of halogens is 4. The standard InChI is InChI=1S/C30H22F4N4O3S/c31-22-15-18(37-27(39)21-5-3-12-35-26(21)30(32,33)34)9-10-19(22)29(41)38-13-11-16-14-24(28(40)36-17-7-8-17)42-25(16)20-4-1-2-6-23(20)38/h1-6,9-10,12,14-15,17H,7-8,11,13H2,(H,36,40)(H,37,39). The normalized spacial score (nSPS) is 14.4. The van der Waals surface area contributed by atoms with Crippen molar-refractivity contribution in [2.75, 3.05) is 16.8 Å². The summed E-state index contributed by atoms with van der Waals surface area (Å²) in [6.07, 6.45) is -1.54. The number of fused-ring (bicyclic) bond motifs is 3. The summed E-state index contributed by atoms with van der Waals surface area (Å²) in [4.78, 5) is 45.0. The molecule has 0 spiro atoms. The Morgan fingerprint density at radius 3 is 2.48 bits per heavy atom. The molecule has 4 aromatic rings. The van der Waals surface area contributed by atoms with Gasteiger partial charge >= 0.3 is 6.18 Å². The first-order chi connectivity index (χ1) is 20.1. The number of para-hydroxylation sites is 1. The van der Waals surface area contributed by atoms with Gasteiger partial charge in [-0.05, 0) is 67.3 Å². The van der Waals surface area contributed by atoms with Crippen LogP contribution in [0.5, 0.6) is 0 Å². The van der Waals surface area contributed by atoms with Crippen molar-refractivity contribution in [1.82, 2.24) is 10.3 Å². The molecule has 0 bridgehead atoms. The fraction of sp³-hybridized carbons (Fsp3) is 0.200. The number of thiophene rings is 1. The van der Waals surface area contributed by atoms with Crippen LogP contribution in [0.25, 0.3) is 10.4 Å². The molecular formula is C30H22F4N4O3S. The molecule has 2 aromatic carbocycles. The molecule has 3 heterocycles. The van der Waals surface area contributed by atoms with Gasteiger partial charge in [-0.1, -0.05) is 18.2 Å². The van der Waals surface area contributed by atoms with Gasteiger partial charge in [-0.25, -0.2) is 4.39 Å². The van der Waals surface area contributed by atoms with Crippen LogP contribution in [0.3, 0.4) is 0 Å². The highest BCUT2D eigenvalue weighted by Crippen LogP contribution is 2.42. The predicted octanol–water partition coefficient (Wildman–Crippen LogP) is 6.32. The average Bonchev–Trinajstić information content (AvgIpc) is 3.70. The minimum Gasteiger partial charge on any atom is -0.349 e. The number of benzene rings is 2. The zero-order valence-corrected chi connectivity index (χ0v) is 22.6. The first kappa shape index (κ1) is 27.6. The second-order valence-electron chi connectivity index (χ2n) is 9.98. The maximum absolute atomic E-state index is 15.3. The van der Waals surface area contributed by atoms with Crippen LogP contribution in [-0.4, -0.2) is 35.3 Å². The predicted molar refractivity (Wildman–Crippen MR) is 149 cm³/mol. The van der Waals surface area contributed by atoms with Gasteiger partial charge in [0.2, 0.25) is 0 Å². The van der Waals surface area contributed by atoms with Crippen molar-refractivity contribution in [3.63, 3.8) is 0 Å². The first-order valence-electron chi connectivity index (χ1n) is 13.1. The highest BCUT2D eigenvalue weighted by Gasteiger charge is 2.37. The van der Waals surface area contributed by atoms with Gasteiger partial charge in [0.15, 0.2) is 5.69 Å². The van der Waals surface area contributed by atoms with Crippen LogP contribution in [-0.2, 0) is 12.6 Å². The van der Waals surface area contributed by atoms with Crippen LogP contribution in [0.1, 0.15) is 54.5 Å². The van der Waals surface area contributed by atoms with Crippen molar-refractivity contribution in [3.05, 3.63) is 99.9 Å². The van der Waals surface area contributed by atoms with Gasteiger partial charge in [0.05, 0.1) is 21.7 Å². The Kier molecular flexibility index (Phi) is 7.01. The van der Waals surface area contributed by atoms with Crippen LogP contribution in [0.4, 0.5) is 28.9 Å². The number of rotatable bonds is 5. The van der Waals surface area contributed by atoms with Gasteiger partial charge in [-0.15, -0.1) is 11.3 Å². The van der Waals surface area contributed by atoms with Gasteiger partial charge in [0, 0.05) is 34.9 Å². The zero-order chi connectivity index (χ0) is 29.6. The number of carbonyl (C=O) groups is 3. The van der Waals surface area contributed by atoms with Crippen molar-refractivity contribution >= 4 is 40.4 Å². The third-order valence-electron chi connectivity index (χ3n) is 7.01. The SMILES string of the molecule is O=C(NC1CC1)c1cc2c(s1)-c1ccccc1N(C(=O)c1ccc(NC(=O)c3cccnc3C(F)(F)F)cc1F)CC2. The largest absolute Gasteiger partial charge is 0.434 e. The van der Waals surface area contributed by atoms with E-state index in [2.05, 4.69) is 15.6 Å². The molecule has 0 radical (unpaired) electrons. The van der Waals surface area contributed by atoms with Crippen LogP contribution in [0.2, 0.25) is 0 Å². The van der Waals surface area contributed by atoms with Crippen LogP contribution in [0, 0.1) is 5.82 Å². The smallest absolute Gasteiger partial charge is 0.349 e. The number of pyridine rings is 1. The number of hydrogen-bond acceptors (Lipinski definition) is 5. The number of amides is 3. The number of nitrogens with zero attached hydrogens (tertiary/aromatic N) is 2. The maximum atomic E-state index is 15.3. The molecule has 0 atom stereocenters. The van der Waals surface area contributed by atoms with Gasteiger partial charge in [-0.3, -0.25) is 19.4 Å². The first-order valence-corrected chi connectivity index (χ1v) is 13.9. The van der Waals surface area contributed by atoms with E-state index in [1.165, 1.54) is 34.4 Å². The van der Waals surface area contributed by atoms with Gasteiger partial charge in [0.1, 0.15) is 5.82 Å². The molecule has 12 heteroatoms. The van der Waals surface area contributed by atoms with Crippen LogP contribution >= 0.6 is 11.3 Å². The lowest BCUT2D eigenvalue weighted by atomic mass is 10.1. The Labute approximate surface area is 241 Å². The molecule has 6 rings (SSSR count). The van der Waals surface area contributed by atoms with E-state index in [9.17, 15) is 27.6 Å². The summed E-state index contributed by atoms with van der Waals surface area (Å²) in [6, 6.07) is 14.7. The Hall–Kier alpha value is -4.58. The third-order valence-corrected chi connectivity index (χ3v) is 8.22.